The standard InChI is InChI=1S/C15H32O/c1-4-7-9-10-11-13-15(16)14(6-3)12-8-5-2/h14-16H,4-13H2,1-3H3. The maximum absolute atomic E-state index is 10.1. The van der Waals surface area contributed by atoms with Gasteiger partial charge in [0.1, 0.15) is 0 Å². The Balaban J connectivity index is 3.54. The molecule has 98 valence electrons. The minimum atomic E-state index is -0.0434. The summed E-state index contributed by atoms with van der Waals surface area (Å²) >= 11 is 0. The van der Waals surface area contributed by atoms with Crippen molar-refractivity contribution in [3.63, 3.8) is 0 Å². The SMILES string of the molecule is CCCCCCCC(O)C(CC)CCCC. The van der Waals surface area contributed by atoms with Crippen LogP contribution in [0.1, 0.15) is 85.0 Å². The van der Waals surface area contributed by atoms with Gasteiger partial charge in [0.25, 0.3) is 0 Å². The Kier molecular flexibility index (Phi) is 11.4. The summed E-state index contributed by atoms with van der Waals surface area (Å²) in [6, 6.07) is 0. The summed E-state index contributed by atoms with van der Waals surface area (Å²) in [7, 11) is 0. The van der Waals surface area contributed by atoms with Gasteiger partial charge in [0.15, 0.2) is 0 Å². The lowest BCUT2D eigenvalue weighted by Gasteiger charge is -2.21. The minimum absolute atomic E-state index is 0.0434. The van der Waals surface area contributed by atoms with Gasteiger partial charge in [-0.2, -0.15) is 0 Å². The molecule has 0 aliphatic heterocycles. The summed E-state index contributed by atoms with van der Waals surface area (Å²) in [5.41, 5.74) is 0. The second-order valence-electron chi connectivity index (χ2n) is 5.08. The topological polar surface area (TPSA) is 20.2 Å². The van der Waals surface area contributed by atoms with Gasteiger partial charge < -0.3 is 5.11 Å². The largest absolute Gasteiger partial charge is 0.393 e. The van der Waals surface area contributed by atoms with Crippen LogP contribution in [0.3, 0.4) is 0 Å². The molecule has 0 radical (unpaired) electrons. The highest BCUT2D eigenvalue weighted by Crippen LogP contribution is 2.21. The van der Waals surface area contributed by atoms with Crippen molar-refractivity contribution in [2.75, 3.05) is 0 Å². The summed E-state index contributed by atoms with van der Waals surface area (Å²) in [5.74, 6) is 0.547. The van der Waals surface area contributed by atoms with Crippen molar-refractivity contribution in [1.82, 2.24) is 0 Å². The van der Waals surface area contributed by atoms with Gasteiger partial charge in [0, 0.05) is 0 Å². The van der Waals surface area contributed by atoms with Crippen LogP contribution in [0.25, 0.3) is 0 Å². The maximum atomic E-state index is 10.1. The smallest absolute Gasteiger partial charge is 0.0568 e. The number of aliphatic hydroxyl groups excluding tert-OH is 1. The Bertz CT molecular complexity index is 133. The van der Waals surface area contributed by atoms with Crippen LogP contribution in [-0.4, -0.2) is 11.2 Å². The van der Waals surface area contributed by atoms with E-state index in [-0.39, 0.29) is 6.10 Å². The molecule has 1 heteroatoms. The molecule has 0 rings (SSSR count). The first-order valence-corrected chi connectivity index (χ1v) is 7.44. The van der Waals surface area contributed by atoms with Crippen molar-refractivity contribution >= 4 is 0 Å². The molecule has 0 fully saturated rings. The number of rotatable bonds is 11. The summed E-state index contributed by atoms with van der Waals surface area (Å²) in [6.07, 6.45) is 12.3. The van der Waals surface area contributed by atoms with Crippen molar-refractivity contribution in [3.8, 4) is 0 Å². The molecule has 0 saturated carbocycles. The van der Waals surface area contributed by atoms with Crippen molar-refractivity contribution < 1.29 is 5.11 Å². The van der Waals surface area contributed by atoms with E-state index in [1.165, 1.54) is 51.4 Å². The molecule has 1 nitrogen and oxygen atoms in total. The molecule has 0 spiro atoms. The van der Waals surface area contributed by atoms with E-state index in [1.807, 2.05) is 0 Å². The number of hydrogen-bond acceptors (Lipinski definition) is 1. The van der Waals surface area contributed by atoms with Crippen molar-refractivity contribution in [2.45, 2.75) is 91.1 Å². The monoisotopic (exact) mass is 228 g/mol. The van der Waals surface area contributed by atoms with Crippen molar-refractivity contribution in [2.24, 2.45) is 5.92 Å². The highest BCUT2D eigenvalue weighted by Gasteiger charge is 2.15. The van der Waals surface area contributed by atoms with Crippen LogP contribution in [0.15, 0.2) is 0 Å². The summed E-state index contributed by atoms with van der Waals surface area (Å²) in [4.78, 5) is 0. The highest BCUT2D eigenvalue weighted by molar-refractivity contribution is 4.67. The third kappa shape index (κ3) is 8.15. The third-order valence-corrected chi connectivity index (χ3v) is 3.60. The molecular weight excluding hydrogens is 196 g/mol. The van der Waals surface area contributed by atoms with Crippen molar-refractivity contribution in [3.05, 3.63) is 0 Å². The first kappa shape index (κ1) is 16.0. The predicted molar refractivity (Wildman–Crippen MR) is 72.7 cm³/mol. The quantitative estimate of drug-likeness (QED) is 0.497. The molecule has 0 aliphatic rings. The number of hydrogen-bond donors (Lipinski definition) is 1. The molecule has 0 amide bonds. The number of unbranched alkanes of at least 4 members (excludes halogenated alkanes) is 5. The van der Waals surface area contributed by atoms with Crippen LogP contribution in [0, 0.1) is 5.92 Å². The zero-order valence-corrected chi connectivity index (χ0v) is 11.7. The molecule has 0 bridgehead atoms. The Morgan fingerprint density at radius 1 is 0.750 bits per heavy atom. The van der Waals surface area contributed by atoms with Gasteiger partial charge in [-0.05, 0) is 18.8 Å². The molecule has 0 saturated heterocycles. The zero-order chi connectivity index (χ0) is 12.2. The van der Waals surface area contributed by atoms with Gasteiger partial charge in [-0.25, -0.2) is 0 Å². The van der Waals surface area contributed by atoms with Crippen molar-refractivity contribution in [1.29, 1.82) is 0 Å². The van der Waals surface area contributed by atoms with Gasteiger partial charge in [-0.3, -0.25) is 0 Å². The van der Waals surface area contributed by atoms with E-state index in [0.717, 1.165) is 12.8 Å². The van der Waals surface area contributed by atoms with E-state index in [1.54, 1.807) is 0 Å². The first-order chi connectivity index (χ1) is 7.76. The molecule has 16 heavy (non-hydrogen) atoms. The van der Waals surface area contributed by atoms with Gasteiger partial charge in [0.05, 0.1) is 6.10 Å². The molecule has 0 heterocycles. The van der Waals surface area contributed by atoms with E-state index < -0.39 is 0 Å². The molecule has 0 aliphatic carbocycles. The molecule has 2 unspecified atom stereocenters. The van der Waals surface area contributed by atoms with Gasteiger partial charge in [-0.15, -0.1) is 0 Å². The molecule has 2 atom stereocenters. The van der Waals surface area contributed by atoms with Crippen LogP contribution < -0.4 is 0 Å². The van der Waals surface area contributed by atoms with Crippen LogP contribution in [-0.2, 0) is 0 Å². The minimum Gasteiger partial charge on any atom is -0.393 e. The van der Waals surface area contributed by atoms with E-state index in [9.17, 15) is 5.11 Å². The van der Waals surface area contributed by atoms with Crippen LogP contribution >= 0.6 is 0 Å². The maximum Gasteiger partial charge on any atom is 0.0568 e. The molecule has 0 aromatic carbocycles. The third-order valence-electron chi connectivity index (χ3n) is 3.60. The average Bonchev–Trinajstić information content (AvgIpc) is 2.30. The second-order valence-corrected chi connectivity index (χ2v) is 5.08. The Morgan fingerprint density at radius 3 is 1.94 bits per heavy atom. The highest BCUT2D eigenvalue weighted by atomic mass is 16.3. The first-order valence-electron chi connectivity index (χ1n) is 7.44. The Morgan fingerprint density at radius 2 is 1.38 bits per heavy atom. The Labute approximate surface area is 103 Å². The lowest BCUT2D eigenvalue weighted by molar-refractivity contribution is 0.0875. The van der Waals surface area contributed by atoms with E-state index in [0.29, 0.717) is 5.92 Å². The fraction of sp³-hybridized carbons (Fsp3) is 1.00. The van der Waals surface area contributed by atoms with E-state index in [4.69, 9.17) is 0 Å². The van der Waals surface area contributed by atoms with Crippen LogP contribution in [0.5, 0.6) is 0 Å². The Hall–Kier alpha value is -0.0400. The molecule has 0 aromatic rings. The molecular formula is C15H32O. The van der Waals surface area contributed by atoms with Crippen LogP contribution in [0.2, 0.25) is 0 Å². The fourth-order valence-electron chi connectivity index (χ4n) is 2.33. The van der Waals surface area contributed by atoms with Gasteiger partial charge >= 0.3 is 0 Å². The summed E-state index contributed by atoms with van der Waals surface area (Å²) in [6.45, 7) is 6.68. The van der Waals surface area contributed by atoms with Gasteiger partial charge in [0.2, 0.25) is 0 Å². The predicted octanol–water partition coefficient (Wildman–Crippen LogP) is 4.92. The van der Waals surface area contributed by atoms with Gasteiger partial charge in [-0.1, -0.05) is 72.1 Å². The van der Waals surface area contributed by atoms with E-state index >= 15 is 0 Å². The summed E-state index contributed by atoms with van der Waals surface area (Å²) in [5, 5.41) is 10.1. The molecule has 0 aromatic heterocycles. The zero-order valence-electron chi connectivity index (χ0n) is 11.7. The lowest BCUT2D eigenvalue weighted by Crippen LogP contribution is -2.19. The summed E-state index contributed by atoms with van der Waals surface area (Å²) < 4.78 is 0. The lowest BCUT2D eigenvalue weighted by atomic mass is 9.90. The average molecular weight is 228 g/mol. The van der Waals surface area contributed by atoms with E-state index in [2.05, 4.69) is 20.8 Å². The second kappa shape index (κ2) is 11.4. The fourth-order valence-corrected chi connectivity index (χ4v) is 2.33. The van der Waals surface area contributed by atoms with Crippen LogP contribution in [0.4, 0.5) is 0 Å². The number of aliphatic hydroxyl groups is 1. The normalized spacial score (nSPS) is 15.0. The molecule has 1 N–H and O–H groups in total.